The van der Waals surface area contributed by atoms with Crippen LogP contribution in [0.25, 0.3) is 0 Å². The predicted molar refractivity (Wildman–Crippen MR) is 124 cm³/mol. The van der Waals surface area contributed by atoms with Gasteiger partial charge >= 0.3 is 6.03 Å². The Morgan fingerprint density at radius 3 is 2.28 bits per heavy atom. The molecule has 1 heterocycles. The van der Waals surface area contributed by atoms with Crippen LogP contribution in [0.15, 0.2) is 30.3 Å². The fourth-order valence-corrected chi connectivity index (χ4v) is 3.80. The van der Waals surface area contributed by atoms with E-state index in [1.54, 1.807) is 14.2 Å². The third-order valence-corrected chi connectivity index (χ3v) is 5.62. The van der Waals surface area contributed by atoms with Crippen molar-refractivity contribution in [3.63, 3.8) is 0 Å². The molecule has 174 valence electrons. The summed E-state index contributed by atoms with van der Waals surface area (Å²) in [5, 5.41) is 3.00. The Hall–Kier alpha value is -3.09. The topological polar surface area (TPSA) is 69.3 Å². The van der Waals surface area contributed by atoms with Crippen molar-refractivity contribution in [3.05, 3.63) is 47.0 Å². The van der Waals surface area contributed by atoms with Gasteiger partial charge in [0.25, 0.3) is 0 Å². The van der Waals surface area contributed by atoms with E-state index in [1.807, 2.05) is 24.0 Å². The summed E-state index contributed by atoms with van der Waals surface area (Å²) in [7, 11) is 3.17. The lowest BCUT2D eigenvalue weighted by molar-refractivity contribution is 0.110. The van der Waals surface area contributed by atoms with Crippen molar-refractivity contribution in [3.8, 4) is 23.0 Å². The number of ether oxygens (including phenoxy) is 4. The van der Waals surface area contributed by atoms with E-state index in [4.69, 9.17) is 18.9 Å². The van der Waals surface area contributed by atoms with Crippen LogP contribution >= 0.6 is 0 Å². The fraction of sp³-hybridized carbons (Fsp3) is 0.480. The number of carbonyl (C=O) groups is 1. The summed E-state index contributed by atoms with van der Waals surface area (Å²) < 4.78 is 22.7. The number of nitrogens with zero attached hydrogens (tertiary/aromatic N) is 1. The molecule has 0 saturated carbocycles. The lowest BCUT2D eigenvalue weighted by atomic mass is 10.1. The fourth-order valence-electron chi connectivity index (χ4n) is 3.80. The number of amides is 2. The molecule has 7 nitrogen and oxygen atoms in total. The normalized spacial score (nSPS) is 14.1. The van der Waals surface area contributed by atoms with Crippen LogP contribution < -0.4 is 24.3 Å². The average molecular weight is 443 g/mol. The molecule has 0 bridgehead atoms. The zero-order valence-corrected chi connectivity index (χ0v) is 19.7. The van der Waals surface area contributed by atoms with E-state index in [-0.39, 0.29) is 12.1 Å². The second-order valence-electron chi connectivity index (χ2n) is 7.99. The van der Waals surface area contributed by atoms with Crippen LogP contribution in [0.5, 0.6) is 23.0 Å². The maximum Gasteiger partial charge on any atom is 0.317 e. The second-order valence-corrected chi connectivity index (χ2v) is 7.99. The molecule has 1 aliphatic heterocycles. The monoisotopic (exact) mass is 442 g/mol. The van der Waals surface area contributed by atoms with Crippen LogP contribution in [0.3, 0.4) is 0 Å². The first-order valence-electron chi connectivity index (χ1n) is 11.1. The highest BCUT2D eigenvalue weighted by Crippen LogP contribution is 2.38. The highest BCUT2D eigenvalue weighted by molar-refractivity contribution is 5.74. The van der Waals surface area contributed by atoms with Gasteiger partial charge in [0, 0.05) is 32.5 Å². The number of urea groups is 1. The Morgan fingerprint density at radius 2 is 1.69 bits per heavy atom. The first kappa shape index (κ1) is 23.6. The number of methoxy groups -OCH3 is 2. The minimum absolute atomic E-state index is 0.0815. The molecule has 1 N–H and O–H groups in total. The van der Waals surface area contributed by atoms with Crippen LogP contribution in [0.2, 0.25) is 0 Å². The SMILES string of the molecule is CCOc1c(OC)cc(CNC(=O)N2CCC(Oc3cc(C)ccc3C)CC2)cc1OC. The van der Waals surface area contributed by atoms with Crippen molar-refractivity contribution in [1.82, 2.24) is 10.2 Å². The molecule has 2 aromatic carbocycles. The molecule has 32 heavy (non-hydrogen) atoms. The summed E-state index contributed by atoms with van der Waals surface area (Å²) in [5.41, 5.74) is 3.20. The van der Waals surface area contributed by atoms with Gasteiger partial charge < -0.3 is 29.2 Å². The number of hydrogen-bond acceptors (Lipinski definition) is 5. The van der Waals surface area contributed by atoms with Crippen LogP contribution in [0.1, 0.15) is 36.5 Å². The smallest absolute Gasteiger partial charge is 0.317 e. The zero-order valence-electron chi connectivity index (χ0n) is 19.7. The van der Waals surface area contributed by atoms with Crippen molar-refractivity contribution in [1.29, 1.82) is 0 Å². The van der Waals surface area contributed by atoms with Gasteiger partial charge in [-0.05, 0) is 55.7 Å². The average Bonchev–Trinajstić information content (AvgIpc) is 2.80. The number of piperidine rings is 1. The molecule has 2 amide bonds. The third-order valence-electron chi connectivity index (χ3n) is 5.62. The standard InChI is InChI=1S/C25H34N2O5/c1-6-31-24-22(29-4)14-19(15-23(24)30-5)16-26-25(28)27-11-9-20(10-12-27)32-21-13-17(2)7-8-18(21)3/h7-8,13-15,20H,6,9-12,16H2,1-5H3,(H,26,28). The van der Waals surface area contributed by atoms with Crippen molar-refractivity contribution in [2.45, 2.75) is 46.3 Å². The van der Waals surface area contributed by atoms with Gasteiger partial charge in [0.05, 0.1) is 20.8 Å². The summed E-state index contributed by atoms with van der Waals surface area (Å²) in [4.78, 5) is 14.5. The second kappa shape index (κ2) is 11.0. The first-order chi connectivity index (χ1) is 15.4. The Bertz CT molecular complexity index is 898. The number of aryl methyl sites for hydroxylation is 2. The van der Waals surface area contributed by atoms with Crippen LogP contribution in [0.4, 0.5) is 4.79 Å². The van der Waals surface area contributed by atoms with E-state index in [0.29, 0.717) is 43.5 Å². The van der Waals surface area contributed by atoms with E-state index >= 15 is 0 Å². The summed E-state index contributed by atoms with van der Waals surface area (Å²) in [5.74, 6) is 2.67. The predicted octanol–water partition coefficient (Wildman–Crippen LogP) is 4.47. The molecule has 2 aromatic rings. The van der Waals surface area contributed by atoms with Crippen LogP contribution in [0, 0.1) is 13.8 Å². The number of hydrogen-bond donors (Lipinski definition) is 1. The molecular weight excluding hydrogens is 408 g/mol. The van der Waals surface area contributed by atoms with Crippen molar-refractivity contribution < 1.29 is 23.7 Å². The lowest BCUT2D eigenvalue weighted by Crippen LogP contribution is -2.46. The summed E-state index contributed by atoms with van der Waals surface area (Å²) >= 11 is 0. The summed E-state index contributed by atoms with van der Waals surface area (Å²) in [6, 6.07) is 9.88. The number of benzene rings is 2. The molecule has 0 aromatic heterocycles. The molecule has 0 unspecified atom stereocenters. The van der Waals surface area contributed by atoms with Crippen molar-refractivity contribution >= 4 is 6.03 Å². The molecule has 0 aliphatic carbocycles. The van der Waals surface area contributed by atoms with Crippen LogP contribution in [-0.4, -0.2) is 51.0 Å². The number of carbonyl (C=O) groups excluding carboxylic acids is 1. The van der Waals surface area contributed by atoms with E-state index in [1.165, 1.54) is 5.56 Å². The van der Waals surface area contributed by atoms with E-state index in [0.717, 1.165) is 29.7 Å². The minimum atomic E-state index is -0.0815. The summed E-state index contributed by atoms with van der Waals surface area (Å²) in [6.45, 7) is 8.23. The largest absolute Gasteiger partial charge is 0.493 e. The van der Waals surface area contributed by atoms with Gasteiger partial charge in [-0.2, -0.15) is 0 Å². The minimum Gasteiger partial charge on any atom is -0.493 e. The highest BCUT2D eigenvalue weighted by Gasteiger charge is 2.24. The Balaban J connectivity index is 1.53. The lowest BCUT2D eigenvalue weighted by Gasteiger charge is -2.32. The maximum absolute atomic E-state index is 12.7. The van der Waals surface area contributed by atoms with Gasteiger partial charge in [-0.3, -0.25) is 0 Å². The van der Waals surface area contributed by atoms with Gasteiger partial charge in [0.15, 0.2) is 11.5 Å². The molecule has 7 heteroatoms. The molecule has 1 fully saturated rings. The first-order valence-corrected chi connectivity index (χ1v) is 11.1. The Kier molecular flexibility index (Phi) is 8.09. The number of likely N-dealkylation sites (tertiary alicyclic amines) is 1. The number of nitrogens with one attached hydrogen (secondary N) is 1. The molecule has 1 saturated heterocycles. The molecule has 0 spiro atoms. The molecular formula is C25H34N2O5. The third kappa shape index (κ3) is 5.78. The Morgan fingerprint density at radius 1 is 1.03 bits per heavy atom. The van der Waals surface area contributed by atoms with Crippen molar-refractivity contribution in [2.75, 3.05) is 33.9 Å². The van der Waals surface area contributed by atoms with Gasteiger partial charge in [-0.1, -0.05) is 12.1 Å². The quantitative estimate of drug-likeness (QED) is 0.653. The highest BCUT2D eigenvalue weighted by atomic mass is 16.5. The molecule has 1 aliphatic rings. The summed E-state index contributed by atoms with van der Waals surface area (Å²) in [6.07, 6.45) is 1.75. The maximum atomic E-state index is 12.7. The van der Waals surface area contributed by atoms with Crippen molar-refractivity contribution in [2.24, 2.45) is 0 Å². The van der Waals surface area contributed by atoms with Gasteiger partial charge in [0.1, 0.15) is 11.9 Å². The van der Waals surface area contributed by atoms with E-state index < -0.39 is 0 Å². The Labute approximate surface area is 190 Å². The molecule has 0 radical (unpaired) electrons. The number of rotatable bonds is 8. The van der Waals surface area contributed by atoms with Gasteiger partial charge in [-0.15, -0.1) is 0 Å². The zero-order chi connectivity index (χ0) is 23.1. The van der Waals surface area contributed by atoms with E-state index in [9.17, 15) is 4.79 Å². The molecule has 3 rings (SSSR count). The van der Waals surface area contributed by atoms with Gasteiger partial charge in [0.2, 0.25) is 5.75 Å². The molecule has 0 atom stereocenters. The van der Waals surface area contributed by atoms with Gasteiger partial charge in [-0.25, -0.2) is 4.79 Å². The van der Waals surface area contributed by atoms with Crippen LogP contribution in [-0.2, 0) is 6.54 Å². The van der Waals surface area contributed by atoms with E-state index in [2.05, 4.69) is 37.4 Å².